The fourth-order valence-corrected chi connectivity index (χ4v) is 0. The van der Waals surface area contributed by atoms with Gasteiger partial charge < -0.3 is 5.71 Å². The van der Waals surface area contributed by atoms with E-state index in [1.165, 1.54) is 0 Å². The molecule has 10 heteroatoms. The topological polar surface area (TPSA) is 91.7 Å². The van der Waals surface area contributed by atoms with Crippen LogP contribution in [0.2, 0.25) is 0 Å². The predicted octanol–water partition coefficient (Wildman–Crippen LogP) is -0.492. The maximum Gasteiger partial charge on any atom is 2.00 e. The molecule has 10 heavy (non-hydrogen) atoms. The van der Waals surface area contributed by atoms with E-state index < -0.39 is 10.4 Å². The van der Waals surface area contributed by atoms with Gasteiger partial charge >= 0.3 is 85.9 Å². The molecule has 54 valence electrons. The molecule has 0 saturated carbocycles. The minimum absolute atomic E-state index is 0. The van der Waals surface area contributed by atoms with Crippen LogP contribution in [0.1, 0.15) is 5.71 Å². The first kappa shape index (κ1) is 29.2. The molecule has 0 atom stereocenters. The first-order valence-electron chi connectivity index (χ1n) is 0.903. The van der Waals surface area contributed by atoms with Gasteiger partial charge in [-0.1, -0.05) is 0 Å². The van der Waals surface area contributed by atoms with Gasteiger partial charge in [0.2, 0.25) is 0 Å². The van der Waals surface area contributed by atoms with Crippen LogP contribution in [0.25, 0.3) is 0 Å². The molecule has 0 aliphatic heterocycles. The van der Waals surface area contributed by atoms with Gasteiger partial charge in [-0.2, -0.15) is 8.42 Å². The molecule has 0 aliphatic rings. The number of hydrogen-bond donors (Lipinski definition) is 2. The zero-order chi connectivity index (χ0) is 6.50. The third kappa shape index (κ3) is 117. The molecule has 0 saturated heterocycles. The summed E-state index contributed by atoms with van der Waals surface area (Å²) in [6.07, 6.45) is 0. The van der Waals surface area contributed by atoms with E-state index in [0.717, 1.165) is 0 Å². The molecule has 0 rings (SSSR count). The molecule has 0 unspecified atom stereocenters. The van der Waals surface area contributed by atoms with Gasteiger partial charge in [0, 0.05) is 19.5 Å². The van der Waals surface area contributed by atoms with Gasteiger partial charge in [0.1, 0.15) is 9.12 Å². The Morgan fingerprint density at radius 3 is 1.10 bits per heavy atom. The first-order valence-corrected chi connectivity index (χ1v) is 2.71. The molecule has 0 amide bonds. The van der Waals surface area contributed by atoms with Crippen molar-refractivity contribution in [3.05, 3.63) is 0 Å². The van der Waals surface area contributed by atoms with E-state index in [-0.39, 0.29) is 101 Å². The van der Waals surface area contributed by atoms with Crippen molar-refractivity contribution < 1.29 is 47.3 Å². The summed E-state index contributed by atoms with van der Waals surface area (Å²) in [7, 11) is -2.94. The maximum atomic E-state index is 8.74. The molecule has 0 aromatic rings. The summed E-state index contributed by atoms with van der Waals surface area (Å²) in [5.41, 5.74) is 0. The van der Waals surface area contributed by atoms with Gasteiger partial charge in [-0.15, -0.1) is 0 Å². The minimum Gasteiger partial charge on any atom is -1.00 e. The Labute approximate surface area is 140 Å². The second kappa shape index (κ2) is 18.0. The predicted molar refractivity (Wildman–Crippen MR) is 39.1 cm³/mol. The molecular formula is H7Ca2O5PSZn. The van der Waals surface area contributed by atoms with Crippen LogP contribution in [-0.4, -0.2) is 93.0 Å². The van der Waals surface area contributed by atoms with E-state index in [2.05, 4.69) is 0 Å². The minimum atomic E-state index is -4.67. The average Bonchev–Trinajstić information content (AvgIpc) is 1.36. The number of rotatable bonds is 0. The maximum absolute atomic E-state index is 8.74. The van der Waals surface area contributed by atoms with Crippen molar-refractivity contribution in [2.24, 2.45) is 0 Å². The standard InChI is InChI=1S/2Ca.H2O4S.HOP.Zn.4H/c;;1-5(2,3)4;1-2;;;;;/h;;(H2,1,2,3,4);2H;;;;;/q2*+2;;;;4*-1. The van der Waals surface area contributed by atoms with Crippen molar-refractivity contribution in [1.82, 2.24) is 0 Å². The zero-order valence-electron chi connectivity index (χ0n) is 9.15. The van der Waals surface area contributed by atoms with Crippen molar-refractivity contribution >= 4 is 95.0 Å². The third-order valence-corrected chi connectivity index (χ3v) is 0. The van der Waals surface area contributed by atoms with Crippen molar-refractivity contribution in [3.63, 3.8) is 0 Å². The zero-order valence-corrected chi connectivity index (χ0v) is 14.3. The van der Waals surface area contributed by atoms with Crippen molar-refractivity contribution in [2.75, 3.05) is 0 Å². The summed E-state index contributed by atoms with van der Waals surface area (Å²) in [5, 5.41) is 0. The van der Waals surface area contributed by atoms with Crippen LogP contribution in [0.4, 0.5) is 0 Å². The molecule has 2 N–H and O–H groups in total. The molecule has 0 fully saturated rings. The van der Waals surface area contributed by atoms with Crippen LogP contribution in [-0.2, 0) is 34.4 Å². The summed E-state index contributed by atoms with van der Waals surface area (Å²) in [5.74, 6) is 0. The molecular weight excluding hydrogens is 289 g/mol. The van der Waals surface area contributed by atoms with Gasteiger partial charge in [-0.05, 0) is 0 Å². The second-order valence-corrected chi connectivity index (χ2v) is 1.34. The van der Waals surface area contributed by atoms with E-state index >= 15 is 0 Å². The SMILES string of the molecule is O=P.O=S(=O)(O)O.[Ca+2].[Ca+2].[H-].[H-].[H-].[H-].[Zn]. The Balaban J connectivity index is -0.00000000377. The van der Waals surface area contributed by atoms with Gasteiger partial charge in [0.05, 0.1) is 0 Å². The molecule has 0 aromatic heterocycles. The normalized spacial score (nSPS) is 6.20. The molecule has 0 radical (unpaired) electrons. The molecule has 0 spiro atoms. The van der Waals surface area contributed by atoms with E-state index in [1.54, 1.807) is 9.12 Å². The van der Waals surface area contributed by atoms with E-state index in [4.69, 9.17) is 22.1 Å². The van der Waals surface area contributed by atoms with Crippen LogP contribution in [0.3, 0.4) is 0 Å². The van der Waals surface area contributed by atoms with Gasteiger partial charge in [0.25, 0.3) is 0 Å². The van der Waals surface area contributed by atoms with Gasteiger partial charge in [-0.25, -0.2) is 0 Å². The molecule has 0 aromatic carbocycles. The Hall–Kier alpha value is 3.11. The fourth-order valence-electron chi connectivity index (χ4n) is 0. The third-order valence-electron chi connectivity index (χ3n) is 0. The summed E-state index contributed by atoms with van der Waals surface area (Å²) < 4.78 is 39.6. The Bertz CT molecular complexity index is 126. The molecule has 0 bridgehead atoms. The van der Waals surface area contributed by atoms with Gasteiger partial charge in [-0.3, -0.25) is 13.7 Å². The summed E-state index contributed by atoms with van der Waals surface area (Å²) >= 11 is 0. The molecule has 0 heterocycles. The van der Waals surface area contributed by atoms with Crippen LogP contribution >= 0.6 is 9.12 Å². The van der Waals surface area contributed by atoms with Crippen molar-refractivity contribution in [3.8, 4) is 0 Å². The Morgan fingerprint density at radius 1 is 1.10 bits per heavy atom. The fraction of sp³-hybridized carbons (Fsp3) is 0. The first-order chi connectivity index (χ1) is 3.00. The van der Waals surface area contributed by atoms with Crippen LogP contribution in [0.15, 0.2) is 0 Å². The monoisotopic (exact) mass is 294 g/mol. The number of hydrogen-bond acceptors (Lipinski definition) is 3. The quantitative estimate of drug-likeness (QED) is 0.357. The smallest absolute Gasteiger partial charge is 1.00 e. The van der Waals surface area contributed by atoms with Gasteiger partial charge in [0.15, 0.2) is 0 Å². The van der Waals surface area contributed by atoms with Crippen LogP contribution in [0, 0.1) is 0 Å². The molecule has 5 nitrogen and oxygen atoms in total. The van der Waals surface area contributed by atoms with Crippen molar-refractivity contribution in [1.29, 1.82) is 0 Å². The molecule has 0 aliphatic carbocycles. The van der Waals surface area contributed by atoms with E-state index in [0.29, 0.717) is 0 Å². The van der Waals surface area contributed by atoms with Crippen molar-refractivity contribution in [2.45, 2.75) is 0 Å². The van der Waals surface area contributed by atoms with E-state index in [9.17, 15) is 0 Å². The Kier molecular flexibility index (Phi) is 52.7. The second-order valence-electron chi connectivity index (χ2n) is 0.448. The van der Waals surface area contributed by atoms with Crippen LogP contribution in [0.5, 0.6) is 0 Å². The van der Waals surface area contributed by atoms with E-state index in [1.807, 2.05) is 0 Å². The average molecular weight is 296 g/mol. The van der Waals surface area contributed by atoms with Crippen LogP contribution < -0.4 is 0 Å². The summed E-state index contributed by atoms with van der Waals surface area (Å²) in [4.78, 5) is 0. The largest absolute Gasteiger partial charge is 2.00 e. The summed E-state index contributed by atoms with van der Waals surface area (Å²) in [6, 6.07) is 0. The summed E-state index contributed by atoms with van der Waals surface area (Å²) in [6.45, 7) is 0. The Morgan fingerprint density at radius 2 is 1.10 bits per heavy atom.